The maximum absolute atomic E-state index is 12.5. The monoisotopic (exact) mass is 308 g/mol. The third-order valence-electron chi connectivity index (χ3n) is 3.65. The molecule has 0 bridgehead atoms. The summed E-state index contributed by atoms with van der Waals surface area (Å²) in [5.74, 6) is -0.142. The number of hydrogen-bond acceptors (Lipinski definition) is 4. The van der Waals surface area contributed by atoms with Crippen molar-refractivity contribution in [2.24, 2.45) is 0 Å². The maximum atomic E-state index is 12.5. The number of rotatable bonds is 6. The Morgan fingerprint density at radius 2 is 2.19 bits per heavy atom. The second-order valence-corrected chi connectivity index (χ2v) is 7.08. The third-order valence-corrected chi connectivity index (χ3v) is 5.52. The van der Waals surface area contributed by atoms with Crippen molar-refractivity contribution in [2.75, 3.05) is 19.7 Å². The summed E-state index contributed by atoms with van der Waals surface area (Å²) in [4.78, 5) is 0. The van der Waals surface area contributed by atoms with Crippen molar-refractivity contribution in [2.45, 2.75) is 31.6 Å². The van der Waals surface area contributed by atoms with Crippen molar-refractivity contribution >= 4 is 10.0 Å². The lowest BCUT2D eigenvalue weighted by Gasteiger charge is -2.23. The van der Waals surface area contributed by atoms with E-state index in [0.717, 1.165) is 12.8 Å². The molecule has 1 saturated heterocycles. The molecule has 5 nitrogen and oxygen atoms in total. The molecule has 2 rings (SSSR count). The van der Waals surface area contributed by atoms with E-state index in [2.05, 4.69) is 0 Å². The van der Waals surface area contributed by atoms with Crippen LogP contribution in [-0.4, -0.2) is 38.5 Å². The van der Waals surface area contributed by atoms with Gasteiger partial charge in [-0.3, -0.25) is 0 Å². The Labute approximate surface area is 126 Å². The standard InChI is InChI=1S/C15H20N2O3S/c1-2-17(11-15-8-5-9-20-15)21(18,19)12-14-7-4-3-6-13(14)10-16/h3-4,6-7,15H,2,5,8-9,11-12H2,1H3. The SMILES string of the molecule is CCN(CC1CCCO1)S(=O)(=O)Cc1ccccc1C#N. The second kappa shape index (κ2) is 7.03. The van der Waals surface area contributed by atoms with Crippen LogP contribution in [0.1, 0.15) is 30.9 Å². The number of nitriles is 1. The lowest BCUT2D eigenvalue weighted by Crippen LogP contribution is -2.38. The van der Waals surface area contributed by atoms with Gasteiger partial charge in [0.1, 0.15) is 0 Å². The summed E-state index contributed by atoms with van der Waals surface area (Å²) < 4.78 is 32.1. The van der Waals surface area contributed by atoms with E-state index in [1.165, 1.54) is 4.31 Å². The number of likely N-dealkylation sites (N-methyl/N-ethyl adjacent to an activating group) is 1. The Hall–Kier alpha value is -1.42. The summed E-state index contributed by atoms with van der Waals surface area (Å²) in [6, 6.07) is 8.86. The summed E-state index contributed by atoms with van der Waals surface area (Å²) in [6.07, 6.45) is 1.88. The van der Waals surface area contributed by atoms with Gasteiger partial charge in [-0.1, -0.05) is 25.1 Å². The average Bonchev–Trinajstić information content (AvgIpc) is 2.97. The van der Waals surface area contributed by atoms with E-state index in [-0.39, 0.29) is 11.9 Å². The van der Waals surface area contributed by atoms with Crippen LogP contribution < -0.4 is 0 Å². The first kappa shape index (κ1) is 16.0. The van der Waals surface area contributed by atoms with Gasteiger partial charge in [0.2, 0.25) is 10.0 Å². The summed E-state index contributed by atoms with van der Waals surface area (Å²) in [6.45, 7) is 3.34. The van der Waals surface area contributed by atoms with Crippen LogP contribution in [0.2, 0.25) is 0 Å². The van der Waals surface area contributed by atoms with Gasteiger partial charge in [0.25, 0.3) is 0 Å². The highest BCUT2D eigenvalue weighted by Gasteiger charge is 2.27. The lowest BCUT2D eigenvalue weighted by atomic mass is 10.1. The normalized spacial score (nSPS) is 18.8. The molecule has 1 aromatic carbocycles. The Morgan fingerprint density at radius 3 is 2.81 bits per heavy atom. The zero-order chi connectivity index (χ0) is 15.3. The van der Waals surface area contributed by atoms with Gasteiger partial charge >= 0.3 is 0 Å². The highest BCUT2D eigenvalue weighted by molar-refractivity contribution is 7.88. The molecule has 114 valence electrons. The van der Waals surface area contributed by atoms with Crippen LogP contribution in [0.3, 0.4) is 0 Å². The van der Waals surface area contributed by atoms with E-state index < -0.39 is 10.0 Å². The Balaban J connectivity index is 2.13. The predicted octanol–water partition coefficient (Wildman–Crippen LogP) is 1.89. The first-order valence-corrected chi connectivity index (χ1v) is 8.75. The van der Waals surface area contributed by atoms with Crippen LogP contribution in [-0.2, 0) is 20.5 Å². The second-order valence-electron chi connectivity index (χ2n) is 5.11. The van der Waals surface area contributed by atoms with E-state index in [9.17, 15) is 8.42 Å². The van der Waals surface area contributed by atoms with E-state index >= 15 is 0 Å². The largest absolute Gasteiger partial charge is 0.377 e. The molecule has 0 aromatic heterocycles. The van der Waals surface area contributed by atoms with Crippen LogP contribution >= 0.6 is 0 Å². The van der Waals surface area contributed by atoms with E-state index in [0.29, 0.717) is 30.8 Å². The predicted molar refractivity (Wildman–Crippen MR) is 80.0 cm³/mol. The molecule has 21 heavy (non-hydrogen) atoms. The molecule has 1 aliphatic heterocycles. The average molecular weight is 308 g/mol. The fourth-order valence-corrected chi connectivity index (χ4v) is 4.11. The molecule has 1 heterocycles. The van der Waals surface area contributed by atoms with Crippen molar-refractivity contribution in [1.82, 2.24) is 4.31 Å². The molecule has 1 atom stereocenters. The zero-order valence-corrected chi connectivity index (χ0v) is 13.0. The van der Waals surface area contributed by atoms with E-state index in [1.807, 2.05) is 13.0 Å². The first-order chi connectivity index (χ1) is 10.1. The molecule has 0 N–H and O–H groups in total. The Bertz CT molecular complexity index is 616. The first-order valence-electron chi connectivity index (χ1n) is 7.14. The van der Waals surface area contributed by atoms with Crippen molar-refractivity contribution in [3.8, 4) is 6.07 Å². The number of ether oxygens (including phenoxy) is 1. The van der Waals surface area contributed by atoms with Crippen LogP contribution in [0, 0.1) is 11.3 Å². The minimum absolute atomic E-state index is 0.00839. The topological polar surface area (TPSA) is 70.4 Å². The van der Waals surface area contributed by atoms with Gasteiger partial charge in [-0.05, 0) is 24.5 Å². The van der Waals surface area contributed by atoms with Gasteiger partial charge in [0.05, 0.1) is 23.5 Å². The molecule has 1 unspecified atom stereocenters. The number of hydrogen-bond donors (Lipinski definition) is 0. The van der Waals surface area contributed by atoms with E-state index in [4.69, 9.17) is 10.00 Å². The number of nitrogens with zero attached hydrogens (tertiary/aromatic N) is 2. The van der Waals surface area contributed by atoms with Crippen LogP contribution in [0.4, 0.5) is 0 Å². The molecule has 0 saturated carbocycles. The van der Waals surface area contributed by atoms with Gasteiger partial charge in [-0.15, -0.1) is 0 Å². The fraction of sp³-hybridized carbons (Fsp3) is 0.533. The van der Waals surface area contributed by atoms with Crippen molar-refractivity contribution in [3.05, 3.63) is 35.4 Å². The molecular weight excluding hydrogens is 288 g/mol. The molecule has 0 aliphatic carbocycles. The Morgan fingerprint density at radius 1 is 1.43 bits per heavy atom. The molecule has 0 amide bonds. The van der Waals surface area contributed by atoms with Crippen molar-refractivity contribution < 1.29 is 13.2 Å². The molecule has 0 radical (unpaired) electrons. The minimum atomic E-state index is -3.44. The van der Waals surface area contributed by atoms with Crippen LogP contribution in [0.5, 0.6) is 0 Å². The minimum Gasteiger partial charge on any atom is -0.377 e. The third kappa shape index (κ3) is 4.03. The maximum Gasteiger partial charge on any atom is 0.218 e. The smallest absolute Gasteiger partial charge is 0.218 e. The number of sulfonamides is 1. The highest BCUT2D eigenvalue weighted by Crippen LogP contribution is 2.18. The van der Waals surface area contributed by atoms with Crippen molar-refractivity contribution in [1.29, 1.82) is 5.26 Å². The summed E-state index contributed by atoms with van der Waals surface area (Å²) in [5, 5.41) is 9.06. The van der Waals surface area contributed by atoms with Gasteiger partial charge in [-0.2, -0.15) is 9.57 Å². The molecule has 1 aliphatic rings. The zero-order valence-electron chi connectivity index (χ0n) is 12.2. The quantitative estimate of drug-likeness (QED) is 0.804. The van der Waals surface area contributed by atoms with Gasteiger partial charge in [0, 0.05) is 19.7 Å². The van der Waals surface area contributed by atoms with E-state index in [1.54, 1.807) is 24.3 Å². The number of benzene rings is 1. The highest BCUT2D eigenvalue weighted by atomic mass is 32.2. The lowest BCUT2D eigenvalue weighted by molar-refractivity contribution is 0.0946. The van der Waals surface area contributed by atoms with Crippen LogP contribution in [0.25, 0.3) is 0 Å². The molecular formula is C15H20N2O3S. The van der Waals surface area contributed by atoms with Gasteiger partial charge < -0.3 is 4.74 Å². The molecule has 1 fully saturated rings. The van der Waals surface area contributed by atoms with Gasteiger partial charge in [0.15, 0.2) is 0 Å². The summed E-state index contributed by atoms with van der Waals surface area (Å²) in [5.41, 5.74) is 0.958. The van der Waals surface area contributed by atoms with Crippen LogP contribution in [0.15, 0.2) is 24.3 Å². The summed E-state index contributed by atoms with van der Waals surface area (Å²) in [7, 11) is -3.44. The fourth-order valence-electron chi connectivity index (χ4n) is 2.50. The Kier molecular flexibility index (Phi) is 5.34. The van der Waals surface area contributed by atoms with Gasteiger partial charge in [-0.25, -0.2) is 8.42 Å². The molecule has 0 spiro atoms. The van der Waals surface area contributed by atoms with Crippen molar-refractivity contribution in [3.63, 3.8) is 0 Å². The summed E-state index contributed by atoms with van der Waals surface area (Å²) >= 11 is 0. The molecule has 6 heteroatoms. The molecule has 1 aromatic rings.